The predicted octanol–water partition coefficient (Wildman–Crippen LogP) is 2.81. The Morgan fingerprint density at radius 3 is 2.50 bits per heavy atom. The number of nitrogens with zero attached hydrogens (tertiary/aromatic N) is 3. The molecule has 18 heavy (non-hydrogen) atoms. The lowest BCUT2D eigenvalue weighted by Crippen LogP contribution is -2.05. The Labute approximate surface area is 107 Å². The lowest BCUT2D eigenvalue weighted by Gasteiger charge is -2.15. The topological polar surface area (TPSA) is 50.4 Å². The molecule has 0 aliphatic rings. The average molecular weight is 243 g/mol. The molecule has 0 spiro atoms. The number of benzene rings is 1. The molecule has 2 aromatic rings. The van der Waals surface area contributed by atoms with Crippen molar-refractivity contribution in [3.63, 3.8) is 0 Å². The highest BCUT2D eigenvalue weighted by Crippen LogP contribution is 2.22. The molecule has 0 saturated carbocycles. The van der Waals surface area contributed by atoms with Crippen molar-refractivity contribution in [2.75, 3.05) is 0 Å². The third-order valence-corrected chi connectivity index (χ3v) is 3.06. The minimum atomic E-state index is 0.771. The summed E-state index contributed by atoms with van der Waals surface area (Å²) in [5.74, 6) is 0. The summed E-state index contributed by atoms with van der Waals surface area (Å²) < 4.78 is 1.97. The summed E-state index contributed by atoms with van der Waals surface area (Å²) in [5.41, 5.74) is 4.45. The summed E-state index contributed by atoms with van der Waals surface area (Å²) in [5, 5.41) is 11.8. The van der Waals surface area contributed by atoms with E-state index in [0.717, 1.165) is 24.2 Å². The first kappa shape index (κ1) is 12.4. The van der Waals surface area contributed by atoms with Crippen molar-refractivity contribution in [3.8, 4) is 5.69 Å². The largest absolute Gasteiger partial charge is 0.411 e. The first-order valence-electron chi connectivity index (χ1n) is 6.12. The van der Waals surface area contributed by atoms with Gasteiger partial charge in [0.1, 0.15) is 0 Å². The smallest absolute Gasteiger partial charge is 0.0997 e. The van der Waals surface area contributed by atoms with Crippen molar-refractivity contribution in [1.29, 1.82) is 0 Å². The van der Waals surface area contributed by atoms with Crippen LogP contribution in [0.2, 0.25) is 0 Å². The number of hydrogen-bond acceptors (Lipinski definition) is 3. The Morgan fingerprint density at radius 1 is 1.28 bits per heavy atom. The molecule has 2 rings (SSSR count). The standard InChI is InChI=1S/C14H17N3O/c1-3-11-6-5-7-12(4-2)14(11)17-10-15-8-13(17)9-16-18/h5-10,18H,3-4H2,1-2H3. The molecular weight excluding hydrogens is 226 g/mol. The van der Waals surface area contributed by atoms with E-state index in [9.17, 15) is 0 Å². The Balaban J connectivity index is 2.65. The monoisotopic (exact) mass is 243 g/mol. The van der Waals surface area contributed by atoms with Crippen LogP contribution in [0.15, 0.2) is 35.9 Å². The molecule has 0 amide bonds. The molecule has 4 heteroatoms. The zero-order valence-electron chi connectivity index (χ0n) is 10.7. The van der Waals surface area contributed by atoms with Crippen LogP contribution in [0.3, 0.4) is 0 Å². The second kappa shape index (κ2) is 5.49. The van der Waals surface area contributed by atoms with Crippen LogP contribution in [0.25, 0.3) is 5.69 Å². The fourth-order valence-electron chi connectivity index (χ4n) is 2.17. The first-order valence-corrected chi connectivity index (χ1v) is 6.12. The van der Waals surface area contributed by atoms with Crippen LogP contribution in [0.4, 0.5) is 0 Å². The second-order valence-electron chi connectivity index (χ2n) is 4.07. The number of rotatable bonds is 4. The van der Waals surface area contributed by atoms with Gasteiger partial charge in [0.2, 0.25) is 0 Å². The molecular formula is C14H17N3O. The van der Waals surface area contributed by atoms with Gasteiger partial charge in [0, 0.05) is 0 Å². The molecule has 0 radical (unpaired) electrons. The maximum atomic E-state index is 8.69. The number of para-hydroxylation sites is 1. The van der Waals surface area contributed by atoms with E-state index in [1.165, 1.54) is 17.3 Å². The highest BCUT2D eigenvalue weighted by Gasteiger charge is 2.10. The SMILES string of the molecule is CCc1cccc(CC)c1-n1cncc1C=NO. The van der Waals surface area contributed by atoms with Gasteiger partial charge in [-0.1, -0.05) is 37.2 Å². The van der Waals surface area contributed by atoms with Crippen LogP contribution >= 0.6 is 0 Å². The van der Waals surface area contributed by atoms with Gasteiger partial charge in [0.15, 0.2) is 0 Å². The van der Waals surface area contributed by atoms with Gasteiger partial charge in [-0.05, 0) is 24.0 Å². The molecule has 0 unspecified atom stereocenters. The summed E-state index contributed by atoms with van der Waals surface area (Å²) >= 11 is 0. The van der Waals surface area contributed by atoms with E-state index in [1.54, 1.807) is 12.5 Å². The fourth-order valence-corrected chi connectivity index (χ4v) is 2.17. The molecule has 0 aliphatic carbocycles. The van der Waals surface area contributed by atoms with Crippen LogP contribution in [0, 0.1) is 0 Å². The first-order chi connectivity index (χ1) is 8.81. The Kier molecular flexibility index (Phi) is 3.77. The highest BCUT2D eigenvalue weighted by molar-refractivity contribution is 5.78. The van der Waals surface area contributed by atoms with Gasteiger partial charge in [-0.3, -0.25) is 4.57 Å². The maximum absolute atomic E-state index is 8.69. The van der Waals surface area contributed by atoms with Crippen LogP contribution in [0.5, 0.6) is 0 Å². The van der Waals surface area contributed by atoms with Crippen LogP contribution < -0.4 is 0 Å². The molecule has 1 aromatic heterocycles. The molecule has 94 valence electrons. The van der Waals surface area contributed by atoms with Crippen molar-refractivity contribution in [3.05, 3.63) is 47.5 Å². The van der Waals surface area contributed by atoms with Gasteiger partial charge in [-0.2, -0.15) is 0 Å². The molecule has 0 aliphatic heterocycles. The van der Waals surface area contributed by atoms with E-state index in [4.69, 9.17) is 5.21 Å². The third kappa shape index (κ3) is 2.14. The highest BCUT2D eigenvalue weighted by atomic mass is 16.4. The van der Waals surface area contributed by atoms with Crippen LogP contribution in [-0.2, 0) is 12.8 Å². The summed E-state index contributed by atoms with van der Waals surface area (Å²) in [6.07, 6.45) is 6.75. The third-order valence-electron chi connectivity index (χ3n) is 3.06. The molecule has 1 heterocycles. The van der Waals surface area contributed by atoms with Crippen molar-refractivity contribution >= 4 is 6.21 Å². The Bertz CT molecular complexity index is 536. The minimum Gasteiger partial charge on any atom is -0.411 e. The van der Waals surface area contributed by atoms with Crippen LogP contribution in [-0.4, -0.2) is 21.0 Å². The number of imidazole rings is 1. The molecule has 0 saturated heterocycles. The molecule has 0 fully saturated rings. The maximum Gasteiger partial charge on any atom is 0.0997 e. The quantitative estimate of drug-likeness (QED) is 0.510. The van der Waals surface area contributed by atoms with Crippen molar-refractivity contribution in [2.24, 2.45) is 5.16 Å². The van der Waals surface area contributed by atoms with Gasteiger partial charge in [0.25, 0.3) is 0 Å². The molecule has 0 atom stereocenters. The van der Waals surface area contributed by atoms with Crippen molar-refractivity contribution < 1.29 is 5.21 Å². The number of aryl methyl sites for hydroxylation is 2. The van der Waals surface area contributed by atoms with E-state index in [1.807, 2.05) is 4.57 Å². The molecule has 1 aromatic carbocycles. The van der Waals surface area contributed by atoms with Gasteiger partial charge in [0.05, 0.1) is 30.1 Å². The van der Waals surface area contributed by atoms with E-state index in [0.29, 0.717) is 0 Å². The van der Waals surface area contributed by atoms with E-state index < -0.39 is 0 Å². The van der Waals surface area contributed by atoms with Crippen molar-refractivity contribution in [2.45, 2.75) is 26.7 Å². The summed E-state index contributed by atoms with van der Waals surface area (Å²) in [6, 6.07) is 6.32. The van der Waals surface area contributed by atoms with Crippen LogP contribution in [0.1, 0.15) is 30.7 Å². The Morgan fingerprint density at radius 2 is 1.94 bits per heavy atom. The van der Waals surface area contributed by atoms with E-state index in [2.05, 4.69) is 42.2 Å². The van der Waals surface area contributed by atoms with E-state index in [-0.39, 0.29) is 0 Å². The van der Waals surface area contributed by atoms with Gasteiger partial charge >= 0.3 is 0 Å². The number of aromatic nitrogens is 2. The van der Waals surface area contributed by atoms with Gasteiger partial charge in [-0.15, -0.1) is 0 Å². The van der Waals surface area contributed by atoms with Crippen molar-refractivity contribution in [1.82, 2.24) is 9.55 Å². The normalized spacial score (nSPS) is 11.2. The van der Waals surface area contributed by atoms with Gasteiger partial charge < -0.3 is 5.21 Å². The lowest BCUT2D eigenvalue weighted by molar-refractivity contribution is 0.321. The number of oxime groups is 1. The molecule has 4 nitrogen and oxygen atoms in total. The molecule has 1 N–H and O–H groups in total. The zero-order valence-corrected chi connectivity index (χ0v) is 10.7. The van der Waals surface area contributed by atoms with Gasteiger partial charge in [-0.25, -0.2) is 4.98 Å². The fraction of sp³-hybridized carbons (Fsp3) is 0.286. The number of hydrogen-bond donors (Lipinski definition) is 1. The zero-order chi connectivity index (χ0) is 13.0. The Hall–Kier alpha value is -2.10. The second-order valence-corrected chi connectivity index (χ2v) is 4.07. The predicted molar refractivity (Wildman–Crippen MR) is 71.7 cm³/mol. The summed E-state index contributed by atoms with van der Waals surface area (Å²) in [7, 11) is 0. The average Bonchev–Trinajstić information content (AvgIpc) is 2.86. The van der Waals surface area contributed by atoms with E-state index >= 15 is 0 Å². The summed E-state index contributed by atoms with van der Waals surface area (Å²) in [4.78, 5) is 4.13. The minimum absolute atomic E-state index is 0.771. The molecule has 0 bridgehead atoms. The summed E-state index contributed by atoms with van der Waals surface area (Å²) in [6.45, 7) is 4.27. The lowest BCUT2D eigenvalue weighted by atomic mass is 10.0.